The third-order valence-corrected chi connectivity index (χ3v) is 5.63. The van der Waals surface area contributed by atoms with Crippen molar-refractivity contribution in [3.05, 3.63) is 86.7 Å². The molecule has 0 spiro atoms. The second kappa shape index (κ2) is 6.03. The molecule has 0 aliphatic carbocycles. The maximum Gasteiger partial charge on any atom is 0.297 e. The number of hydrogen-bond acceptors (Lipinski definition) is 6. The quantitative estimate of drug-likeness (QED) is 0.559. The molecule has 1 aliphatic heterocycles. The third kappa shape index (κ3) is 2.36. The summed E-state index contributed by atoms with van der Waals surface area (Å²) in [4.78, 5) is 32.4. The Kier molecular flexibility index (Phi) is 3.60. The van der Waals surface area contributed by atoms with E-state index in [4.69, 9.17) is 4.42 Å². The van der Waals surface area contributed by atoms with Gasteiger partial charge in [-0.1, -0.05) is 23.8 Å². The molecule has 3 heterocycles. The number of thiazole rings is 1. The van der Waals surface area contributed by atoms with E-state index in [1.165, 1.54) is 28.4 Å². The Bertz CT molecular complexity index is 1280. The number of benzene rings is 2. The fourth-order valence-corrected chi connectivity index (χ4v) is 4.26. The number of aryl methyl sites for hydroxylation is 1. The van der Waals surface area contributed by atoms with E-state index in [0.717, 1.165) is 5.56 Å². The molecule has 0 unspecified atom stereocenters. The molecular formula is C21H14N2O4S. The lowest BCUT2D eigenvalue weighted by Crippen LogP contribution is -2.29. The van der Waals surface area contributed by atoms with Crippen molar-refractivity contribution < 1.29 is 14.3 Å². The second-order valence-corrected chi connectivity index (χ2v) is 7.53. The van der Waals surface area contributed by atoms with Crippen molar-refractivity contribution in [2.75, 3.05) is 4.90 Å². The van der Waals surface area contributed by atoms with Crippen molar-refractivity contribution in [1.82, 2.24) is 4.98 Å². The van der Waals surface area contributed by atoms with Crippen molar-refractivity contribution in [3.63, 3.8) is 0 Å². The van der Waals surface area contributed by atoms with Crippen LogP contribution in [0.5, 0.6) is 5.75 Å². The van der Waals surface area contributed by atoms with Crippen LogP contribution in [0, 0.1) is 6.92 Å². The van der Waals surface area contributed by atoms with Gasteiger partial charge in [0.15, 0.2) is 10.6 Å². The summed E-state index contributed by atoms with van der Waals surface area (Å²) < 4.78 is 5.89. The van der Waals surface area contributed by atoms with Gasteiger partial charge in [0.25, 0.3) is 5.91 Å². The van der Waals surface area contributed by atoms with Crippen LogP contribution in [0.4, 0.5) is 5.13 Å². The molecule has 5 rings (SSSR count). The zero-order valence-corrected chi connectivity index (χ0v) is 15.6. The van der Waals surface area contributed by atoms with E-state index in [9.17, 15) is 14.7 Å². The van der Waals surface area contributed by atoms with Gasteiger partial charge in [0.1, 0.15) is 11.3 Å². The molecule has 0 saturated heterocycles. The van der Waals surface area contributed by atoms with E-state index in [-0.39, 0.29) is 16.9 Å². The zero-order valence-electron chi connectivity index (χ0n) is 14.7. The molecule has 0 bridgehead atoms. The first-order chi connectivity index (χ1) is 13.5. The van der Waals surface area contributed by atoms with Gasteiger partial charge in [0, 0.05) is 11.6 Å². The van der Waals surface area contributed by atoms with Gasteiger partial charge in [-0.05, 0) is 36.8 Å². The van der Waals surface area contributed by atoms with Gasteiger partial charge in [-0.2, -0.15) is 0 Å². The van der Waals surface area contributed by atoms with Crippen LogP contribution in [0.1, 0.15) is 33.3 Å². The Balaban J connectivity index is 1.83. The highest BCUT2D eigenvalue weighted by Gasteiger charge is 2.44. The number of amides is 1. The summed E-state index contributed by atoms with van der Waals surface area (Å²) in [6, 6.07) is 11.1. The van der Waals surface area contributed by atoms with Crippen LogP contribution >= 0.6 is 11.3 Å². The van der Waals surface area contributed by atoms with Gasteiger partial charge in [-0.3, -0.25) is 14.5 Å². The molecule has 1 atom stereocenters. The predicted molar refractivity (Wildman–Crippen MR) is 106 cm³/mol. The first-order valence-electron chi connectivity index (χ1n) is 8.64. The van der Waals surface area contributed by atoms with E-state index in [1.54, 1.807) is 35.8 Å². The van der Waals surface area contributed by atoms with Crippen LogP contribution in [0.15, 0.2) is 63.3 Å². The standard InChI is InChI=1S/C21H14N2O4S/c1-11-2-7-15-14(10-11)18(25)16-17(12-3-5-13(24)6-4-12)23(20(26)19(16)27-15)21-22-8-9-28-21/h2-10,17,24H,1H3/t17-/m0/s1. The SMILES string of the molecule is Cc1ccc2oc3c(c(=O)c2c1)[C@H](c1ccc(O)cc1)N(c1nccs1)C3=O. The number of anilines is 1. The van der Waals surface area contributed by atoms with E-state index in [2.05, 4.69) is 4.98 Å². The van der Waals surface area contributed by atoms with Crippen LogP contribution in [-0.4, -0.2) is 16.0 Å². The van der Waals surface area contributed by atoms with Gasteiger partial charge < -0.3 is 9.52 Å². The van der Waals surface area contributed by atoms with Crippen LogP contribution in [0.2, 0.25) is 0 Å². The lowest BCUT2D eigenvalue weighted by molar-refractivity contribution is 0.0971. The lowest BCUT2D eigenvalue weighted by atomic mass is 9.98. The molecule has 7 heteroatoms. The number of phenols is 1. The molecule has 1 amide bonds. The van der Waals surface area contributed by atoms with Crippen LogP contribution < -0.4 is 10.3 Å². The maximum atomic E-state index is 13.4. The second-order valence-electron chi connectivity index (χ2n) is 6.66. The zero-order chi connectivity index (χ0) is 19.4. The minimum atomic E-state index is -0.671. The number of fused-ring (bicyclic) bond motifs is 2. The van der Waals surface area contributed by atoms with Crippen molar-refractivity contribution in [2.24, 2.45) is 0 Å². The Labute approximate surface area is 163 Å². The highest BCUT2D eigenvalue weighted by Crippen LogP contribution is 2.42. The molecule has 0 radical (unpaired) electrons. The molecule has 138 valence electrons. The van der Waals surface area contributed by atoms with Gasteiger partial charge in [-0.15, -0.1) is 11.3 Å². The van der Waals surface area contributed by atoms with Crippen LogP contribution in [0.25, 0.3) is 11.0 Å². The van der Waals surface area contributed by atoms with Crippen molar-refractivity contribution >= 4 is 33.3 Å². The Morgan fingerprint density at radius 2 is 1.93 bits per heavy atom. The van der Waals surface area contributed by atoms with Crippen LogP contribution in [-0.2, 0) is 0 Å². The van der Waals surface area contributed by atoms with Crippen molar-refractivity contribution in [2.45, 2.75) is 13.0 Å². The normalized spacial score (nSPS) is 16.0. The monoisotopic (exact) mass is 390 g/mol. The predicted octanol–water partition coefficient (Wildman–Crippen LogP) is 4.01. The van der Waals surface area contributed by atoms with E-state index in [0.29, 0.717) is 27.2 Å². The Hall–Kier alpha value is -3.45. The minimum absolute atomic E-state index is 0.0367. The summed E-state index contributed by atoms with van der Waals surface area (Å²) in [5.74, 6) is -0.257. The molecule has 6 nitrogen and oxygen atoms in total. The first kappa shape index (κ1) is 16.7. The fraction of sp³-hybridized carbons (Fsp3) is 0.0952. The Morgan fingerprint density at radius 3 is 2.64 bits per heavy atom. The highest BCUT2D eigenvalue weighted by molar-refractivity contribution is 7.13. The average Bonchev–Trinajstić information content (AvgIpc) is 3.30. The molecule has 1 N–H and O–H groups in total. The average molecular weight is 390 g/mol. The van der Waals surface area contributed by atoms with Gasteiger partial charge in [0.2, 0.25) is 5.76 Å². The molecule has 0 fully saturated rings. The molecule has 2 aromatic heterocycles. The molecule has 28 heavy (non-hydrogen) atoms. The summed E-state index contributed by atoms with van der Waals surface area (Å²) in [6.07, 6.45) is 1.61. The first-order valence-corrected chi connectivity index (χ1v) is 9.52. The fourth-order valence-electron chi connectivity index (χ4n) is 3.59. The summed E-state index contributed by atoms with van der Waals surface area (Å²) in [6.45, 7) is 1.90. The molecule has 2 aromatic carbocycles. The lowest BCUT2D eigenvalue weighted by Gasteiger charge is -2.22. The molecular weight excluding hydrogens is 376 g/mol. The number of hydrogen-bond donors (Lipinski definition) is 1. The molecule has 1 aliphatic rings. The molecule has 4 aromatic rings. The number of aromatic hydroxyl groups is 1. The minimum Gasteiger partial charge on any atom is -0.508 e. The Morgan fingerprint density at radius 1 is 1.14 bits per heavy atom. The highest BCUT2D eigenvalue weighted by atomic mass is 32.1. The summed E-state index contributed by atoms with van der Waals surface area (Å²) >= 11 is 1.31. The van der Waals surface area contributed by atoms with Gasteiger partial charge in [-0.25, -0.2) is 4.98 Å². The largest absolute Gasteiger partial charge is 0.508 e. The van der Waals surface area contributed by atoms with Gasteiger partial charge in [0.05, 0.1) is 17.0 Å². The van der Waals surface area contributed by atoms with E-state index >= 15 is 0 Å². The summed E-state index contributed by atoms with van der Waals surface area (Å²) in [5, 5.41) is 12.3. The molecule has 0 saturated carbocycles. The number of rotatable bonds is 2. The van der Waals surface area contributed by atoms with Crippen molar-refractivity contribution in [3.8, 4) is 5.75 Å². The summed E-state index contributed by atoms with van der Waals surface area (Å²) in [7, 11) is 0. The number of phenolic OH excluding ortho intramolecular Hbond substituents is 1. The van der Waals surface area contributed by atoms with Crippen molar-refractivity contribution in [1.29, 1.82) is 0 Å². The van der Waals surface area contributed by atoms with E-state index in [1.807, 2.05) is 13.0 Å². The maximum absolute atomic E-state index is 13.4. The van der Waals surface area contributed by atoms with Crippen LogP contribution in [0.3, 0.4) is 0 Å². The third-order valence-electron chi connectivity index (χ3n) is 4.86. The summed E-state index contributed by atoms with van der Waals surface area (Å²) in [5.41, 5.74) is 2.07. The van der Waals surface area contributed by atoms with Gasteiger partial charge >= 0.3 is 0 Å². The smallest absolute Gasteiger partial charge is 0.297 e. The van der Waals surface area contributed by atoms with E-state index < -0.39 is 11.9 Å². The topological polar surface area (TPSA) is 83.6 Å². The number of nitrogens with zero attached hydrogens (tertiary/aromatic N) is 2. The number of carbonyl (C=O) groups is 1. The number of aromatic nitrogens is 1. The number of carbonyl (C=O) groups excluding carboxylic acids is 1.